The average molecular weight is 316 g/mol. The Morgan fingerprint density at radius 1 is 0.913 bits per heavy atom. The zero-order valence-electron chi connectivity index (χ0n) is 14.1. The summed E-state index contributed by atoms with van der Waals surface area (Å²) in [7, 11) is 0. The number of ketones is 1. The molecule has 126 valence electrons. The van der Waals surface area contributed by atoms with Crippen LogP contribution in [0.1, 0.15) is 68.6 Å². The van der Waals surface area contributed by atoms with E-state index in [4.69, 9.17) is 4.74 Å². The first-order valence-corrected chi connectivity index (χ1v) is 8.61. The molecule has 23 heavy (non-hydrogen) atoms. The monoisotopic (exact) mass is 316 g/mol. The van der Waals surface area contributed by atoms with Crippen LogP contribution >= 0.6 is 0 Å². The van der Waals surface area contributed by atoms with Crippen LogP contribution in [0.2, 0.25) is 0 Å². The molecule has 0 spiro atoms. The molecule has 0 atom stereocenters. The van der Waals surface area contributed by atoms with Crippen molar-refractivity contribution in [3.63, 3.8) is 0 Å². The van der Waals surface area contributed by atoms with Crippen molar-refractivity contribution in [2.75, 3.05) is 6.61 Å². The van der Waals surface area contributed by atoms with Gasteiger partial charge in [0.2, 0.25) is 0 Å². The molecule has 0 aromatic heterocycles. The van der Waals surface area contributed by atoms with Crippen molar-refractivity contribution in [2.45, 2.75) is 58.3 Å². The molecule has 0 aliphatic carbocycles. The summed E-state index contributed by atoms with van der Waals surface area (Å²) in [5.74, 6) is -0.0101. The van der Waals surface area contributed by atoms with E-state index in [1.165, 1.54) is 12.8 Å². The topological polar surface area (TPSA) is 43.4 Å². The fraction of sp³-hybridized carbons (Fsp3) is 0.500. The van der Waals surface area contributed by atoms with Crippen molar-refractivity contribution in [1.82, 2.24) is 0 Å². The van der Waals surface area contributed by atoms with E-state index >= 15 is 0 Å². The Balaban J connectivity index is 1.90. The van der Waals surface area contributed by atoms with Crippen molar-refractivity contribution < 1.29 is 14.3 Å². The van der Waals surface area contributed by atoms with E-state index in [2.05, 4.69) is 0 Å². The predicted molar refractivity (Wildman–Crippen MR) is 93.5 cm³/mol. The van der Waals surface area contributed by atoms with E-state index in [1.54, 1.807) is 24.3 Å². The van der Waals surface area contributed by atoms with Crippen molar-refractivity contribution in [2.24, 2.45) is 0 Å². The van der Waals surface area contributed by atoms with E-state index in [1.807, 2.05) is 25.1 Å². The van der Waals surface area contributed by atoms with E-state index in [9.17, 15) is 9.59 Å². The third kappa shape index (κ3) is 9.67. The summed E-state index contributed by atoms with van der Waals surface area (Å²) in [6.45, 7) is 2.36. The molecule has 1 aromatic rings. The molecule has 0 aliphatic rings. The van der Waals surface area contributed by atoms with E-state index in [0.29, 0.717) is 18.6 Å². The highest BCUT2D eigenvalue weighted by Gasteiger charge is 2.04. The van der Waals surface area contributed by atoms with Crippen LogP contribution in [0.4, 0.5) is 0 Å². The van der Waals surface area contributed by atoms with E-state index in [-0.39, 0.29) is 11.8 Å². The first-order chi connectivity index (χ1) is 11.2. The largest absolute Gasteiger partial charge is 0.462 e. The minimum Gasteiger partial charge on any atom is -0.462 e. The van der Waals surface area contributed by atoms with Gasteiger partial charge in [-0.1, -0.05) is 56.4 Å². The van der Waals surface area contributed by atoms with Crippen LogP contribution in [0.5, 0.6) is 0 Å². The summed E-state index contributed by atoms with van der Waals surface area (Å²) >= 11 is 0. The standard InChI is InChI=1S/C20H28O3/c1-2-13-19(21)16-11-6-4-3-5-7-12-17-23-20(22)18-14-9-8-10-15-18/h2,8-10,13-15H,3-7,11-12,16-17H2,1H3/b13-2+. The van der Waals surface area contributed by atoms with Crippen molar-refractivity contribution in [3.05, 3.63) is 48.0 Å². The third-order valence-corrected chi connectivity index (χ3v) is 3.66. The summed E-state index contributed by atoms with van der Waals surface area (Å²) in [4.78, 5) is 23.0. The lowest BCUT2D eigenvalue weighted by atomic mass is 10.1. The van der Waals surface area contributed by atoms with Gasteiger partial charge in [-0.05, 0) is 38.0 Å². The number of carbonyl (C=O) groups excluding carboxylic acids is 2. The number of carbonyl (C=O) groups is 2. The van der Waals surface area contributed by atoms with Crippen molar-refractivity contribution in [3.8, 4) is 0 Å². The van der Waals surface area contributed by atoms with Crippen molar-refractivity contribution in [1.29, 1.82) is 0 Å². The molecule has 0 saturated carbocycles. The summed E-state index contributed by atoms with van der Waals surface area (Å²) in [5.41, 5.74) is 0.611. The first kappa shape index (κ1) is 19.1. The maximum Gasteiger partial charge on any atom is 0.338 e. The van der Waals surface area contributed by atoms with Crippen molar-refractivity contribution >= 4 is 11.8 Å². The quantitative estimate of drug-likeness (QED) is 0.306. The lowest BCUT2D eigenvalue weighted by molar-refractivity contribution is -0.114. The second-order valence-electron chi connectivity index (χ2n) is 5.69. The molecule has 3 nitrogen and oxygen atoms in total. The Labute approximate surface area is 139 Å². The zero-order chi connectivity index (χ0) is 16.8. The highest BCUT2D eigenvalue weighted by atomic mass is 16.5. The normalized spacial score (nSPS) is 10.8. The van der Waals surface area contributed by atoms with Crippen LogP contribution in [0, 0.1) is 0 Å². The van der Waals surface area contributed by atoms with E-state index < -0.39 is 0 Å². The molecule has 0 radical (unpaired) electrons. The molecule has 1 aromatic carbocycles. The Morgan fingerprint density at radius 2 is 1.52 bits per heavy atom. The van der Waals surface area contributed by atoms with Gasteiger partial charge in [0.25, 0.3) is 0 Å². The van der Waals surface area contributed by atoms with Crippen LogP contribution in [0.15, 0.2) is 42.5 Å². The van der Waals surface area contributed by atoms with Gasteiger partial charge in [-0.2, -0.15) is 0 Å². The smallest absolute Gasteiger partial charge is 0.338 e. The Bertz CT molecular complexity index is 477. The minimum absolute atomic E-state index is 0.229. The summed E-state index contributed by atoms with van der Waals surface area (Å²) in [5, 5.41) is 0. The lowest BCUT2D eigenvalue weighted by Crippen LogP contribution is -2.06. The molecule has 0 N–H and O–H groups in total. The molecular weight excluding hydrogens is 288 g/mol. The van der Waals surface area contributed by atoms with Gasteiger partial charge in [0.1, 0.15) is 0 Å². The second kappa shape index (κ2) is 12.6. The predicted octanol–water partition coefficient (Wildman–Crippen LogP) is 5.11. The molecule has 0 saturated heterocycles. The summed E-state index contributed by atoms with van der Waals surface area (Å²) < 4.78 is 5.24. The zero-order valence-corrected chi connectivity index (χ0v) is 14.1. The van der Waals surface area contributed by atoms with Crippen LogP contribution in [-0.4, -0.2) is 18.4 Å². The fourth-order valence-corrected chi connectivity index (χ4v) is 2.38. The summed E-state index contributed by atoms with van der Waals surface area (Å²) in [6, 6.07) is 9.09. The number of esters is 1. The number of ether oxygens (including phenoxy) is 1. The average Bonchev–Trinajstić information content (AvgIpc) is 2.57. The summed E-state index contributed by atoms with van der Waals surface area (Å²) in [6.07, 6.45) is 11.7. The van der Waals surface area contributed by atoms with Gasteiger partial charge < -0.3 is 4.74 Å². The Kier molecular flexibility index (Phi) is 10.5. The molecule has 0 aliphatic heterocycles. The fourth-order valence-electron chi connectivity index (χ4n) is 2.38. The molecule has 0 bridgehead atoms. The molecule has 0 unspecified atom stereocenters. The number of unbranched alkanes of at least 4 members (excludes halogenated alkanes) is 6. The van der Waals surface area contributed by atoms with Gasteiger partial charge in [-0.25, -0.2) is 4.79 Å². The lowest BCUT2D eigenvalue weighted by Gasteiger charge is -2.05. The van der Waals surface area contributed by atoms with Gasteiger partial charge in [-0.15, -0.1) is 0 Å². The van der Waals surface area contributed by atoms with Gasteiger partial charge in [0, 0.05) is 6.42 Å². The van der Waals surface area contributed by atoms with Crippen LogP contribution in [0.3, 0.4) is 0 Å². The van der Waals surface area contributed by atoms with E-state index in [0.717, 1.165) is 32.1 Å². The highest BCUT2D eigenvalue weighted by Crippen LogP contribution is 2.09. The molecule has 3 heteroatoms. The van der Waals surface area contributed by atoms with Crippen LogP contribution in [0.25, 0.3) is 0 Å². The Morgan fingerprint density at radius 3 is 2.17 bits per heavy atom. The molecule has 0 fully saturated rings. The first-order valence-electron chi connectivity index (χ1n) is 8.61. The maximum absolute atomic E-state index is 11.7. The second-order valence-corrected chi connectivity index (χ2v) is 5.69. The maximum atomic E-state index is 11.7. The minimum atomic E-state index is -0.239. The SMILES string of the molecule is C/C=C/C(=O)CCCCCCCCCOC(=O)c1ccccc1. The third-order valence-electron chi connectivity index (χ3n) is 3.66. The highest BCUT2D eigenvalue weighted by molar-refractivity contribution is 5.89. The van der Waals surface area contributed by atoms with Gasteiger partial charge in [-0.3, -0.25) is 4.79 Å². The van der Waals surface area contributed by atoms with Gasteiger partial charge in [0.15, 0.2) is 5.78 Å². The number of rotatable bonds is 12. The molecule has 0 heterocycles. The molecular formula is C20H28O3. The van der Waals surface area contributed by atoms with Crippen LogP contribution < -0.4 is 0 Å². The van der Waals surface area contributed by atoms with Crippen LogP contribution in [-0.2, 0) is 9.53 Å². The number of allylic oxidation sites excluding steroid dienone is 2. The number of hydrogen-bond donors (Lipinski definition) is 0. The molecule has 1 rings (SSSR count). The molecule has 0 amide bonds. The number of hydrogen-bond acceptors (Lipinski definition) is 3. The van der Waals surface area contributed by atoms with Gasteiger partial charge >= 0.3 is 5.97 Å². The number of benzene rings is 1. The van der Waals surface area contributed by atoms with Gasteiger partial charge in [0.05, 0.1) is 12.2 Å². The Hall–Kier alpha value is -1.90.